The summed E-state index contributed by atoms with van der Waals surface area (Å²) in [5, 5.41) is 5.13. The molecule has 1 atom stereocenters. The van der Waals surface area contributed by atoms with Gasteiger partial charge >= 0.3 is 6.36 Å². The van der Waals surface area contributed by atoms with Gasteiger partial charge in [0.1, 0.15) is 17.1 Å². The number of aliphatic imine (C=N–C) groups is 1. The number of thiocarbonyl (C=S) groups is 1. The van der Waals surface area contributed by atoms with Crippen molar-refractivity contribution in [1.29, 1.82) is 0 Å². The van der Waals surface area contributed by atoms with E-state index in [1.807, 2.05) is 43.3 Å². The summed E-state index contributed by atoms with van der Waals surface area (Å²) in [6.07, 6.45) is 2.28. The van der Waals surface area contributed by atoms with Gasteiger partial charge in [0, 0.05) is 12.0 Å². The van der Waals surface area contributed by atoms with Crippen LogP contribution in [-0.2, 0) is 4.79 Å². The standard InChI is InChI=1S/C35H34F3N5O2S2/c1-22(2)29-16-11-24(4)17-30(29)43-32(44)20-47-34(43)40-31(46)18-23(3)7-5-8-25-9-6-10-26(19-25)33-39-21-42(41-33)27-12-14-28(15-13-27)45-35(36,37)38/h5-6,8-17,19,21-23H,7,18,20H2,1-4H3/b8-5-,40-34?. The Labute approximate surface area is 281 Å². The van der Waals surface area contributed by atoms with Crippen LogP contribution in [0.25, 0.3) is 23.2 Å². The van der Waals surface area contributed by atoms with Gasteiger partial charge in [-0.05, 0) is 78.3 Å². The van der Waals surface area contributed by atoms with Gasteiger partial charge in [-0.3, -0.25) is 9.69 Å². The zero-order valence-corrected chi connectivity index (χ0v) is 28.0. The van der Waals surface area contributed by atoms with Crippen LogP contribution < -0.4 is 9.64 Å². The Balaban J connectivity index is 1.19. The number of aromatic nitrogens is 3. The maximum atomic E-state index is 12.9. The number of carbonyl (C=O) groups is 1. The average Bonchev–Trinajstić information content (AvgIpc) is 3.64. The van der Waals surface area contributed by atoms with Crippen LogP contribution >= 0.6 is 24.0 Å². The zero-order chi connectivity index (χ0) is 33.7. The highest BCUT2D eigenvalue weighted by atomic mass is 32.2. The first kappa shape index (κ1) is 34.1. The summed E-state index contributed by atoms with van der Waals surface area (Å²) >= 11 is 7.09. The third-order valence-electron chi connectivity index (χ3n) is 7.38. The molecule has 2 heterocycles. The van der Waals surface area contributed by atoms with Gasteiger partial charge in [0.25, 0.3) is 0 Å². The monoisotopic (exact) mass is 677 g/mol. The average molecular weight is 678 g/mol. The van der Waals surface area contributed by atoms with E-state index >= 15 is 0 Å². The summed E-state index contributed by atoms with van der Waals surface area (Å²) in [7, 11) is 0. The summed E-state index contributed by atoms with van der Waals surface area (Å²) in [5.74, 6) is 1.02. The van der Waals surface area contributed by atoms with Gasteiger partial charge in [0.15, 0.2) is 11.0 Å². The van der Waals surface area contributed by atoms with E-state index in [4.69, 9.17) is 17.2 Å². The van der Waals surface area contributed by atoms with Crippen molar-refractivity contribution < 1.29 is 22.7 Å². The van der Waals surface area contributed by atoms with E-state index in [9.17, 15) is 18.0 Å². The number of alkyl halides is 3. The van der Waals surface area contributed by atoms with Crippen LogP contribution in [0.5, 0.6) is 5.75 Å². The molecule has 0 bridgehead atoms. The number of ether oxygens (including phenoxy) is 1. The molecule has 1 aliphatic rings. The molecule has 5 rings (SSSR count). The predicted molar refractivity (Wildman–Crippen MR) is 186 cm³/mol. The van der Waals surface area contributed by atoms with Crippen LogP contribution in [0.2, 0.25) is 0 Å². The lowest BCUT2D eigenvalue weighted by Gasteiger charge is -2.22. The van der Waals surface area contributed by atoms with Crippen molar-refractivity contribution in [2.24, 2.45) is 10.9 Å². The Morgan fingerprint density at radius 3 is 2.60 bits per heavy atom. The van der Waals surface area contributed by atoms with Gasteiger partial charge in [0.2, 0.25) is 5.91 Å². The van der Waals surface area contributed by atoms with Crippen molar-refractivity contribution in [1.82, 2.24) is 14.8 Å². The normalized spacial score (nSPS) is 15.3. The van der Waals surface area contributed by atoms with Crippen LogP contribution in [0.15, 0.2) is 84.1 Å². The first-order chi connectivity index (χ1) is 22.4. The van der Waals surface area contributed by atoms with E-state index < -0.39 is 6.36 Å². The van der Waals surface area contributed by atoms with E-state index in [2.05, 4.69) is 53.8 Å². The fourth-order valence-electron chi connectivity index (χ4n) is 5.09. The number of thioether (sulfide) groups is 1. The van der Waals surface area contributed by atoms with Gasteiger partial charge in [-0.1, -0.05) is 87.2 Å². The molecule has 1 fully saturated rings. The number of hydrogen-bond donors (Lipinski definition) is 0. The van der Waals surface area contributed by atoms with Gasteiger partial charge in [0.05, 0.1) is 17.1 Å². The number of benzene rings is 3. The highest BCUT2D eigenvalue weighted by Gasteiger charge is 2.32. The molecule has 0 saturated carbocycles. The van der Waals surface area contributed by atoms with E-state index in [0.717, 1.165) is 34.4 Å². The maximum Gasteiger partial charge on any atom is 0.573 e. The van der Waals surface area contributed by atoms with Gasteiger partial charge in [-0.2, -0.15) is 0 Å². The molecule has 47 heavy (non-hydrogen) atoms. The molecule has 0 N–H and O–H groups in total. The number of halogens is 3. The smallest absolute Gasteiger partial charge is 0.406 e. The first-order valence-electron chi connectivity index (χ1n) is 15.1. The summed E-state index contributed by atoms with van der Waals surface area (Å²) in [4.78, 5) is 24.3. The van der Waals surface area contributed by atoms with Crippen LogP contribution in [0.3, 0.4) is 0 Å². The lowest BCUT2D eigenvalue weighted by atomic mass is 9.99. The van der Waals surface area contributed by atoms with E-state index in [-0.39, 0.29) is 23.5 Å². The number of aryl methyl sites for hydroxylation is 1. The number of hydrogen-bond acceptors (Lipinski definition) is 6. The van der Waals surface area contributed by atoms with E-state index in [1.54, 1.807) is 4.90 Å². The number of amidine groups is 1. The molecule has 4 aromatic rings. The number of carbonyl (C=O) groups excluding carboxylic acids is 1. The molecular weight excluding hydrogens is 644 g/mol. The number of anilines is 1. The van der Waals surface area contributed by atoms with Gasteiger partial charge in [-0.25, -0.2) is 14.7 Å². The predicted octanol–water partition coefficient (Wildman–Crippen LogP) is 9.16. The second-order valence-corrected chi connectivity index (χ2v) is 13.1. The zero-order valence-electron chi connectivity index (χ0n) is 26.4. The molecule has 244 valence electrons. The topological polar surface area (TPSA) is 72.6 Å². The number of amides is 1. The molecule has 1 aliphatic heterocycles. The molecule has 0 aliphatic carbocycles. The number of nitrogens with zero attached hydrogens (tertiary/aromatic N) is 5. The van der Waals surface area contributed by atoms with Crippen molar-refractivity contribution in [3.05, 3.63) is 95.8 Å². The van der Waals surface area contributed by atoms with Crippen molar-refractivity contribution in [3.63, 3.8) is 0 Å². The number of allylic oxidation sites excluding steroid dienone is 1. The molecule has 3 aromatic carbocycles. The van der Waals surface area contributed by atoms with Crippen molar-refractivity contribution in [3.8, 4) is 22.8 Å². The molecule has 0 radical (unpaired) electrons. The first-order valence-corrected chi connectivity index (χ1v) is 16.5. The molecule has 12 heteroatoms. The van der Waals surface area contributed by atoms with Gasteiger partial charge in [-0.15, -0.1) is 18.3 Å². The SMILES string of the molecule is Cc1ccc(C(C)C)c(N2C(=O)CSC2=NC(=S)CC(C)C/C=C\c2cccc(-c3ncn(-c4ccc(OC(F)(F)F)cc4)n3)c2)c1. The second-order valence-electron chi connectivity index (χ2n) is 11.7. The third kappa shape index (κ3) is 8.95. The number of rotatable bonds is 10. The minimum atomic E-state index is -4.75. The minimum absolute atomic E-state index is 0.0119. The molecular formula is C35H34F3N5O2S2. The molecule has 1 aromatic heterocycles. The Hall–Kier alpha value is -4.29. The van der Waals surface area contributed by atoms with Crippen molar-refractivity contribution >= 4 is 51.8 Å². The van der Waals surface area contributed by atoms with Crippen LogP contribution in [-0.4, -0.2) is 42.9 Å². The summed E-state index contributed by atoms with van der Waals surface area (Å²) in [6, 6.07) is 19.4. The Morgan fingerprint density at radius 2 is 1.87 bits per heavy atom. The largest absolute Gasteiger partial charge is 0.573 e. The van der Waals surface area contributed by atoms with Crippen LogP contribution in [0.1, 0.15) is 56.2 Å². The molecule has 1 amide bonds. The molecule has 1 unspecified atom stereocenters. The Bertz CT molecular complexity index is 1820. The fraction of sp³-hybridized carbons (Fsp3) is 0.286. The maximum absolute atomic E-state index is 12.9. The summed E-state index contributed by atoms with van der Waals surface area (Å²) in [6.45, 7) is 8.37. The summed E-state index contributed by atoms with van der Waals surface area (Å²) < 4.78 is 42.8. The van der Waals surface area contributed by atoms with E-state index in [1.165, 1.54) is 47.0 Å². The van der Waals surface area contributed by atoms with Crippen LogP contribution in [0.4, 0.5) is 18.9 Å². The quantitative estimate of drug-likeness (QED) is 0.156. The Morgan fingerprint density at radius 1 is 1.11 bits per heavy atom. The van der Waals surface area contributed by atoms with Gasteiger partial charge < -0.3 is 4.74 Å². The van der Waals surface area contributed by atoms with Crippen molar-refractivity contribution in [2.75, 3.05) is 10.7 Å². The molecule has 7 nitrogen and oxygen atoms in total. The lowest BCUT2D eigenvalue weighted by Crippen LogP contribution is -2.31. The fourth-order valence-corrected chi connectivity index (χ4v) is 6.40. The summed E-state index contributed by atoms with van der Waals surface area (Å²) in [5.41, 5.74) is 5.39. The van der Waals surface area contributed by atoms with Crippen molar-refractivity contribution in [2.45, 2.75) is 52.8 Å². The third-order valence-corrected chi connectivity index (χ3v) is 8.56. The highest BCUT2D eigenvalue weighted by Crippen LogP contribution is 2.34. The van der Waals surface area contributed by atoms with Crippen LogP contribution in [0, 0.1) is 12.8 Å². The second kappa shape index (κ2) is 14.6. The molecule has 1 saturated heterocycles. The van der Waals surface area contributed by atoms with E-state index in [0.29, 0.717) is 33.8 Å². The highest BCUT2D eigenvalue weighted by molar-refractivity contribution is 8.15. The lowest BCUT2D eigenvalue weighted by molar-refractivity contribution is -0.274. The minimum Gasteiger partial charge on any atom is -0.406 e. The Kier molecular flexibility index (Phi) is 10.6. The molecule has 0 spiro atoms.